The lowest BCUT2D eigenvalue weighted by molar-refractivity contribution is -0.113. The fourth-order valence-corrected chi connectivity index (χ4v) is 4.01. The zero-order chi connectivity index (χ0) is 20.6. The van der Waals surface area contributed by atoms with Crippen molar-refractivity contribution in [3.8, 4) is 5.75 Å². The minimum Gasteiger partial charge on any atom is -0.495 e. The summed E-state index contributed by atoms with van der Waals surface area (Å²) in [4.78, 5) is 26.7. The van der Waals surface area contributed by atoms with E-state index in [2.05, 4.69) is 15.5 Å². The molecule has 0 radical (unpaired) electrons. The molecule has 2 N–H and O–H groups in total. The summed E-state index contributed by atoms with van der Waals surface area (Å²) in [5, 5.41) is 5.66. The number of thiocarbonyl (C=S) groups is 1. The molecule has 2 aromatic rings. The molecular formula is C21H23N3O3S2. The number of carbonyl (C=O) groups is 2. The third-order valence-corrected chi connectivity index (χ3v) is 6.00. The number of hydrogen-bond acceptors (Lipinski definition) is 5. The lowest BCUT2D eigenvalue weighted by Gasteiger charge is -2.17. The number of amides is 2. The molecule has 0 spiro atoms. The van der Waals surface area contributed by atoms with E-state index in [1.54, 1.807) is 43.5 Å². The van der Waals surface area contributed by atoms with Crippen LogP contribution in [-0.4, -0.2) is 47.0 Å². The van der Waals surface area contributed by atoms with E-state index >= 15 is 0 Å². The SMILES string of the molecule is COc1ccccc1NC(=O)c1ccc(NC(=O)CSC(=S)N2CCCC2)cc1. The van der Waals surface area contributed by atoms with Crippen LogP contribution >= 0.6 is 24.0 Å². The summed E-state index contributed by atoms with van der Waals surface area (Å²) in [5.41, 5.74) is 1.72. The van der Waals surface area contributed by atoms with Crippen molar-refractivity contribution in [2.75, 3.05) is 36.6 Å². The Labute approximate surface area is 180 Å². The summed E-state index contributed by atoms with van der Waals surface area (Å²) in [5.74, 6) is 0.487. The smallest absolute Gasteiger partial charge is 0.255 e. The Bertz CT molecular complexity index is 881. The first-order valence-electron chi connectivity index (χ1n) is 9.33. The highest BCUT2D eigenvalue weighted by Crippen LogP contribution is 2.24. The summed E-state index contributed by atoms with van der Waals surface area (Å²) in [6.45, 7) is 1.96. The second-order valence-electron chi connectivity index (χ2n) is 6.53. The lowest BCUT2D eigenvalue weighted by atomic mass is 10.2. The summed E-state index contributed by atoms with van der Waals surface area (Å²) in [6, 6.07) is 14.0. The number of nitrogens with one attached hydrogen (secondary N) is 2. The minimum absolute atomic E-state index is 0.122. The Morgan fingerprint density at radius 1 is 1.07 bits per heavy atom. The fraction of sp³-hybridized carbons (Fsp3) is 0.286. The van der Waals surface area contributed by atoms with Crippen molar-refractivity contribution >= 4 is 51.5 Å². The average Bonchev–Trinajstić information content (AvgIpc) is 3.28. The van der Waals surface area contributed by atoms with Crippen LogP contribution in [-0.2, 0) is 4.79 Å². The first-order chi connectivity index (χ1) is 14.1. The molecule has 1 saturated heterocycles. The van der Waals surface area contributed by atoms with Gasteiger partial charge in [-0.15, -0.1) is 0 Å². The molecule has 152 valence electrons. The topological polar surface area (TPSA) is 70.7 Å². The Morgan fingerprint density at radius 3 is 2.45 bits per heavy atom. The van der Waals surface area contributed by atoms with E-state index < -0.39 is 0 Å². The van der Waals surface area contributed by atoms with Crippen molar-refractivity contribution in [2.45, 2.75) is 12.8 Å². The molecule has 6 nitrogen and oxygen atoms in total. The van der Waals surface area contributed by atoms with Gasteiger partial charge in [0.1, 0.15) is 10.1 Å². The molecule has 1 aliphatic heterocycles. The number of methoxy groups -OCH3 is 1. The zero-order valence-electron chi connectivity index (χ0n) is 16.1. The van der Waals surface area contributed by atoms with Gasteiger partial charge >= 0.3 is 0 Å². The van der Waals surface area contributed by atoms with Crippen molar-refractivity contribution in [1.29, 1.82) is 0 Å². The summed E-state index contributed by atoms with van der Waals surface area (Å²) >= 11 is 6.75. The second kappa shape index (κ2) is 10.3. The predicted octanol–water partition coefficient (Wildman–Crippen LogP) is 4.00. The molecular weight excluding hydrogens is 406 g/mol. The number of thioether (sulfide) groups is 1. The van der Waals surface area contributed by atoms with Crippen LogP contribution in [0.25, 0.3) is 0 Å². The molecule has 1 heterocycles. The van der Waals surface area contributed by atoms with Gasteiger partial charge in [-0.3, -0.25) is 9.59 Å². The lowest BCUT2D eigenvalue weighted by Crippen LogP contribution is -2.25. The molecule has 0 bridgehead atoms. The highest BCUT2D eigenvalue weighted by molar-refractivity contribution is 8.23. The Balaban J connectivity index is 1.50. The molecule has 0 atom stereocenters. The molecule has 1 fully saturated rings. The minimum atomic E-state index is -0.251. The van der Waals surface area contributed by atoms with E-state index in [1.165, 1.54) is 11.8 Å². The Hall–Kier alpha value is -2.58. The standard InChI is InChI=1S/C21H23N3O3S2/c1-27-18-7-3-2-6-17(18)23-20(26)15-8-10-16(11-9-15)22-19(25)14-29-21(28)24-12-4-5-13-24/h2-3,6-11H,4-5,12-14H2,1H3,(H,22,25)(H,23,26). The molecule has 0 aromatic heterocycles. The molecule has 0 saturated carbocycles. The normalized spacial score (nSPS) is 13.1. The van der Waals surface area contributed by atoms with E-state index in [9.17, 15) is 9.59 Å². The molecule has 2 aromatic carbocycles. The van der Waals surface area contributed by atoms with Gasteiger partial charge in [-0.1, -0.05) is 36.1 Å². The van der Waals surface area contributed by atoms with Crippen molar-refractivity contribution in [1.82, 2.24) is 4.90 Å². The number of anilines is 2. The summed E-state index contributed by atoms with van der Waals surface area (Å²) in [7, 11) is 1.55. The molecule has 1 aliphatic rings. The number of rotatable bonds is 6. The van der Waals surface area contributed by atoms with Crippen LogP contribution < -0.4 is 15.4 Å². The van der Waals surface area contributed by atoms with E-state index in [-0.39, 0.29) is 17.6 Å². The zero-order valence-corrected chi connectivity index (χ0v) is 17.8. The molecule has 8 heteroatoms. The first kappa shape index (κ1) is 21.1. The van der Waals surface area contributed by atoms with Crippen LogP contribution in [0.3, 0.4) is 0 Å². The van der Waals surface area contributed by atoms with Gasteiger partial charge in [0.25, 0.3) is 5.91 Å². The van der Waals surface area contributed by atoms with Crippen molar-refractivity contribution in [3.05, 3.63) is 54.1 Å². The van der Waals surface area contributed by atoms with Crippen LogP contribution in [0, 0.1) is 0 Å². The van der Waals surface area contributed by atoms with E-state index in [4.69, 9.17) is 17.0 Å². The van der Waals surface area contributed by atoms with Gasteiger partial charge < -0.3 is 20.3 Å². The molecule has 29 heavy (non-hydrogen) atoms. The van der Waals surface area contributed by atoms with Gasteiger partial charge in [-0.2, -0.15) is 0 Å². The van der Waals surface area contributed by atoms with Gasteiger partial charge in [0.15, 0.2) is 0 Å². The van der Waals surface area contributed by atoms with Crippen LogP contribution in [0.4, 0.5) is 11.4 Å². The van der Waals surface area contributed by atoms with Gasteiger partial charge in [-0.05, 0) is 49.2 Å². The van der Waals surface area contributed by atoms with Crippen LogP contribution in [0.5, 0.6) is 5.75 Å². The molecule has 3 rings (SSSR count). The quantitative estimate of drug-likeness (QED) is 0.677. The number of carbonyl (C=O) groups excluding carboxylic acids is 2. The van der Waals surface area contributed by atoms with Crippen LogP contribution in [0.1, 0.15) is 23.2 Å². The number of hydrogen-bond donors (Lipinski definition) is 2. The van der Waals surface area contributed by atoms with Crippen molar-refractivity contribution < 1.29 is 14.3 Å². The van der Waals surface area contributed by atoms with Crippen LogP contribution in [0.2, 0.25) is 0 Å². The number of para-hydroxylation sites is 2. The highest BCUT2D eigenvalue weighted by Gasteiger charge is 2.16. The van der Waals surface area contributed by atoms with E-state index in [1.807, 2.05) is 12.1 Å². The predicted molar refractivity (Wildman–Crippen MR) is 122 cm³/mol. The maximum absolute atomic E-state index is 12.4. The largest absolute Gasteiger partial charge is 0.495 e. The monoisotopic (exact) mass is 429 g/mol. The summed E-state index contributed by atoms with van der Waals surface area (Å²) in [6.07, 6.45) is 2.31. The number of benzene rings is 2. The number of nitrogens with zero attached hydrogens (tertiary/aromatic N) is 1. The van der Waals surface area contributed by atoms with Gasteiger partial charge in [-0.25, -0.2) is 0 Å². The van der Waals surface area contributed by atoms with E-state index in [0.717, 1.165) is 30.3 Å². The Kier molecular flexibility index (Phi) is 7.48. The third-order valence-electron chi connectivity index (χ3n) is 4.48. The fourth-order valence-electron chi connectivity index (χ4n) is 2.96. The van der Waals surface area contributed by atoms with Crippen molar-refractivity contribution in [3.63, 3.8) is 0 Å². The molecule has 2 amide bonds. The number of ether oxygens (including phenoxy) is 1. The highest BCUT2D eigenvalue weighted by atomic mass is 32.2. The second-order valence-corrected chi connectivity index (χ2v) is 8.14. The maximum atomic E-state index is 12.4. The van der Waals surface area contributed by atoms with Gasteiger partial charge in [0.05, 0.1) is 18.6 Å². The van der Waals surface area contributed by atoms with Crippen molar-refractivity contribution in [2.24, 2.45) is 0 Å². The van der Waals surface area contributed by atoms with Crippen LogP contribution in [0.15, 0.2) is 48.5 Å². The summed E-state index contributed by atoms with van der Waals surface area (Å²) < 4.78 is 6.02. The molecule has 0 aliphatic carbocycles. The average molecular weight is 430 g/mol. The van der Waals surface area contributed by atoms with E-state index in [0.29, 0.717) is 22.7 Å². The number of likely N-dealkylation sites (tertiary alicyclic amines) is 1. The third kappa shape index (κ3) is 5.95. The Morgan fingerprint density at radius 2 is 1.76 bits per heavy atom. The van der Waals surface area contributed by atoms with Gasteiger partial charge in [0, 0.05) is 24.3 Å². The molecule has 0 unspecified atom stereocenters. The van der Waals surface area contributed by atoms with Gasteiger partial charge in [0.2, 0.25) is 5.91 Å². The maximum Gasteiger partial charge on any atom is 0.255 e. The first-order valence-corrected chi connectivity index (χ1v) is 10.7.